The van der Waals surface area contributed by atoms with Gasteiger partial charge in [-0.1, -0.05) is 41.4 Å². The zero-order valence-electron chi connectivity index (χ0n) is 9.43. The fourth-order valence-electron chi connectivity index (χ4n) is 1.71. The minimum absolute atomic E-state index is 0.154. The van der Waals surface area contributed by atoms with Gasteiger partial charge in [-0.05, 0) is 17.7 Å². The van der Waals surface area contributed by atoms with Crippen LogP contribution in [0.5, 0.6) is 0 Å². The van der Waals surface area contributed by atoms with Crippen molar-refractivity contribution in [3.63, 3.8) is 0 Å². The van der Waals surface area contributed by atoms with Crippen LogP contribution in [0, 0.1) is 17.5 Å². The summed E-state index contributed by atoms with van der Waals surface area (Å²) in [6, 6.07) is 5.52. The maximum absolute atomic E-state index is 13.7. The molecule has 0 fully saturated rings. The highest BCUT2D eigenvalue weighted by molar-refractivity contribution is 6.42. The van der Waals surface area contributed by atoms with Crippen LogP contribution in [0.3, 0.4) is 0 Å². The van der Waals surface area contributed by atoms with Gasteiger partial charge in [-0.15, -0.1) is 0 Å². The highest BCUT2D eigenvalue weighted by atomic mass is 35.5. The minimum Gasteiger partial charge on any atom is -0.320 e. The van der Waals surface area contributed by atoms with Crippen LogP contribution in [-0.2, 0) is 0 Å². The van der Waals surface area contributed by atoms with Crippen LogP contribution >= 0.6 is 23.2 Å². The summed E-state index contributed by atoms with van der Waals surface area (Å²) in [7, 11) is 0. The van der Waals surface area contributed by atoms with Gasteiger partial charge in [0.05, 0.1) is 16.1 Å². The fourth-order valence-corrected chi connectivity index (χ4v) is 2.13. The predicted octanol–water partition coefficient (Wildman–Crippen LogP) is 4.46. The zero-order valence-corrected chi connectivity index (χ0v) is 10.9. The normalized spacial score (nSPS) is 12.5. The molecule has 2 N–H and O–H groups in total. The van der Waals surface area contributed by atoms with Gasteiger partial charge in [0.15, 0.2) is 17.5 Å². The molecule has 0 saturated carbocycles. The minimum atomic E-state index is -1.56. The van der Waals surface area contributed by atoms with Crippen LogP contribution in [-0.4, -0.2) is 0 Å². The van der Waals surface area contributed by atoms with Gasteiger partial charge in [0, 0.05) is 5.56 Å². The van der Waals surface area contributed by atoms with Crippen molar-refractivity contribution in [1.82, 2.24) is 0 Å². The summed E-state index contributed by atoms with van der Waals surface area (Å²) in [5.74, 6) is -4.17. The Labute approximate surface area is 117 Å². The molecule has 2 aromatic rings. The first-order valence-electron chi connectivity index (χ1n) is 5.26. The lowest BCUT2D eigenvalue weighted by molar-refractivity contribution is 0.438. The summed E-state index contributed by atoms with van der Waals surface area (Å²) in [5, 5.41) is 0.401. The van der Waals surface area contributed by atoms with E-state index in [1.807, 2.05) is 0 Å². The van der Waals surface area contributed by atoms with Crippen LogP contribution in [0.15, 0.2) is 30.3 Å². The first kappa shape index (κ1) is 14.2. The second kappa shape index (κ2) is 5.41. The summed E-state index contributed by atoms with van der Waals surface area (Å²) in [6.45, 7) is 0. The highest BCUT2D eigenvalue weighted by Gasteiger charge is 2.21. The van der Waals surface area contributed by atoms with E-state index < -0.39 is 23.5 Å². The summed E-state index contributed by atoms with van der Waals surface area (Å²) < 4.78 is 39.7. The fraction of sp³-hybridized carbons (Fsp3) is 0.0769. The Bertz CT molecular complexity index is 632. The van der Waals surface area contributed by atoms with Gasteiger partial charge < -0.3 is 5.73 Å². The van der Waals surface area contributed by atoms with Gasteiger partial charge >= 0.3 is 0 Å². The van der Waals surface area contributed by atoms with Crippen molar-refractivity contribution >= 4 is 23.2 Å². The molecular weight excluding hydrogens is 298 g/mol. The Morgan fingerprint density at radius 1 is 0.895 bits per heavy atom. The van der Waals surface area contributed by atoms with Crippen LogP contribution < -0.4 is 5.73 Å². The van der Waals surface area contributed by atoms with Crippen LogP contribution in [0.25, 0.3) is 0 Å². The van der Waals surface area contributed by atoms with E-state index >= 15 is 0 Å². The molecule has 0 aromatic heterocycles. The van der Waals surface area contributed by atoms with E-state index in [1.165, 1.54) is 0 Å². The van der Waals surface area contributed by atoms with E-state index in [0.717, 1.165) is 12.1 Å². The van der Waals surface area contributed by atoms with Gasteiger partial charge in [-0.2, -0.15) is 0 Å². The molecule has 1 unspecified atom stereocenters. The standard InChI is InChI=1S/C13H8Cl2F3N/c14-8-3-1-2-6(10(8)15)13(19)7-4-5-9(16)12(18)11(7)17/h1-5,13H,19H2. The third-order valence-electron chi connectivity index (χ3n) is 2.72. The Morgan fingerprint density at radius 3 is 2.26 bits per heavy atom. The van der Waals surface area contributed by atoms with Crippen molar-refractivity contribution in [2.24, 2.45) is 5.73 Å². The molecule has 1 nitrogen and oxygen atoms in total. The zero-order chi connectivity index (χ0) is 14.2. The molecule has 0 radical (unpaired) electrons. The second-order valence-electron chi connectivity index (χ2n) is 3.89. The van der Waals surface area contributed by atoms with E-state index in [4.69, 9.17) is 28.9 Å². The van der Waals surface area contributed by atoms with Gasteiger partial charge in [0.1, 0.15) is 0 Å². The Balaban J connectivity index is 2.53. The van der Waals surface area contributed by atoms with Crippen molar-refractivity contribution in [2.45, 2.75) is 6.04 Å². The maximum Gasteiger partial charge on any atom is 0.194 e. The maximum atomic E-state index is 13.7. The Hall–Kier alpha value is -1.23. The lowest BCUT2D eigenvalue weighted by Crippen LogP contribution is -2.15. The van der Waals surface area contributed by atoms with Crippen molar-refractivity contribution in [3.8, 4) is 0 Å². The average molecular weight is 306 g/mol. The van der Waals surface area contributed by atoms with Crippen molar-refractivity contribution in [1.29, 1.82) is 0 Å². The monoisotopic (exact) mass is 305 g/mol. The van der Waals surface area contributed by atoms with Crippen molar-refractivity contribution in [2.75, 3.05) is 0 Å². The Morgan fingerprint density at radius 2 is 1.58 bits per heavy atom. The molecule has 0 aliphatic rings. The van der Waals surface area contributed by atoms with Gasteiger partial charge in [-0.3, -0.25) is 0 Å². The quantitative estimate of drug-likeness (QED) is 0.815. The molecule has 0 amide bonds. The summed E-state index contributed by atoms with van der Waals surface area (Å²) in [5.41, 5.74) is 5.97. The lowest BCUT2D eigenvalue weighted by Gasteiger charge is -2.16. The average Bonchev–Trinajstić information content (AvgIpc) is 2.39. The first-order valence-corrected chi connectivity index (χ1v) is 6.02. The summed E-state index contributed by atoms with van der Waals surface area (Å²) in [4.78, 5) is 0. The third kappa shape index (κ3) is 2.56. The number of halogens is 5. The lowest BCUT2D eigenvalue weighted by atomic mass is 9.99. The van der Waals surface area contributed by atoms with Crippen LogP contribution in [0.2, 0.25) is 10.0 Å². The Kier molecular flexibility index (Phi) is 4.04. The van der Waals surface area contributed by atoms with Crippen LogP contribution in [0.1, 0.15) is 17.2 Å². The first-order chi connectivity index (χ1) is 8.93. The third-order valence-corrected chi connectivity index (χ3v) is 3.55. The van der Waals surface area contributed by atoms with Gasteiger partial charge in [0.25, 0.3) is 0 Å². The largest absolute Gasteiger partial charge is 0.320 e. The number of rotatable bonds is 2. The molecule has 19 heavy (non-hydrogen) atoms. The molecule has 0 aliphatic carbocycles. The van der Waals surface area contributed by atoms with E-state index in [-0.39, 0.29) is 15.6 Å². The van der Waals surface area contributed by atoms with Crippen molar-refractivity contribution in [3.05, 3.63) is 69.0 Å². The molecule has 6 heteroatoms. The van der Waals surface area contributed by atoms with E-state index in [0.29, 0.717) is 5.56 Å². The van der Waals surface area contributed by atoms with E-state index in [9.17, 15) is 13.2 Å². The molecule has 0 aliphatic heterocycles. The van der Waals surface area contributed by atoms with E-state index in [2.05, 4.69) is 0 Å². The van der Waals surface area contributed by atoms with Crippen molar-refractivity contribution < 1.29 is 13.2 Å². The molecule has 0 bridgehead atoms. The number of hydrogen-bond acceptors (Lipinski definition) is 1. The smallest absolute Gasteiger partial charge is 0.194 e. The molecule has 0 saturated heterocycles. The highest BCUT2D eigenvalue weighted by Crippen LogP contribution is 2.33. The van der Waals surface area contributed by atoms with E-state index in [1.54, 1.807) is 18.2 Å². The molecule has 2 rings (SSSR count). The topological polar surface area (TPSA) is 26.0 Å². The molecule has 0 spiro atoms. The molecule has 0 heterocycles. The molecule has 100 valence electrons. The molecule has 2 aromatic carbocycles. The molecule has 1 atom stereocenters. The van der Waals surface area contributed by atoms with Crippen LogP contribution in [0.4, 0.5) is 13.2 Å². The predicted molar refractivity (Wildman–Crippen MR) is 68.8 cm³/mol. The van der Waals surface area contributed by atoms with Gasteiger partial charge in [-0.25, -0.2) is 13.2 Å². The molecular formula is C13H8Cl2F3N. The summed E-state index contributed by atoms with van der Waals surface area (Å²) in [6.07, 6.45) is 0. The number of nitrogens with two attached hydrogens (primary N) is 1. The van der Waals surface area contributed by atoms with Gasteiger partial charge in [0.2, 0.25) is 0 Å². The summed E-state index contributed by atoms with van der Waals surface area (Å²) >= 11 is 11.8. The second-order valence-corrected chi connectivity index (χ2v) is 4.67. The number of hydrogen-bond donors (Lipinski definition) is 1. The SMILES string of the molecule is NC(c1ccc(F)c(F)c1F)c1cccc(Cl)c1Cl. The number of benzene rings is 2.